The number of nitrogens with two attached hydrogens (primary N) is 1. The topological polar surface area (TPSA) is 68.2 Å². The third-order valence-electron chi connectivity index (χ3n) is 4.44. The van der Waals surface area contributed by atoms with Crippen LogP contribution in [0.2, 0.25) is 0 Å². The fourth-order valence-corrected chi connectivity index (χ4v) is 3.22. The summed E-state index contributed by atoms with van der Waals surface area (Å²) in [5.74, 6) is 7.17. The smallest absolute Gasteiger partial charge is 0.157 e. The standard InChI is InChI=1S/C15H23N5/c1-3-10(4-2)13-9-14-17-12-8-6-5-7-11(12)15(18-16)20(14)19-13/h9-10,18H,3-8,16H2,1-2H3. The molecule has 0 saturated heterocycles. The molecule has 0 atom stereocenters. The summed E-state index contributed by atoms with van der Waals surface area (Å²) in [5, 5.41) is 4.75. The molecule has 2 aromatic rings. The number of nitrogens with one attached hydrogen (secondary N) is 1. The maximum absolute atomic E-state index is 5.75. The highest BCUT2D eigenvalue weighted by Crippen LogP contribution is 2.29. The van der Waals surface area contributed by atoms with Crippen LogP contribution in [0.1, 0.15) is 62.4 Å². The van der Waals surface area contributed by atoms with Crippen molar-refractivity contribution in [2.75, 3.05) is 5.43 Å². The zero-order valence-electron chi connectivity index (χ0n) is 12.3. The van der Waals surface area contributed by atoms with E-state index in [0.717, 1.165) is 42.8 Å². The second-order valence-electron chi connectivity index (χ2n) is 5.59. The van der Waals surface area contributed by atoms with Crippen LogP contribution < -0.4 is 11.3 Å². The molecule has 108 valence electrons. The molecule has 0 saturated carbocycles. The molecule has 0 aromatic carbocycles. The molecule has 5 heteroatoms. The Bertz CT molecular complexity index is 612. The number of hydrogen-bond donors (Lipinski definition) is 2. The van der Waals surface area contributed by atoms with Crippen molar-refractivity contribution >= 4 is 11.5 Å². The molecule has 3 rings (SSSR count). The molecule has 3 N–H and O–H groups in total. The van der Waals surface area contributed by atoms with E-state index in [9.17, 15) is 0 Å². The van der Waals surface area contributed by atoms with E-state index < -0.39 is 0 Å². The van der Waals surface area contributed by atoms with Gasteiger partial charge in [0.2, 0.25) is 0 Å². The summed E-state index contributed by atoms with van der Waals surface area (Å²) in [5.41, 5.74) is 7.32. The van der Waals surface area contributed by atoms with Crippen molar-refractivity contribution in [3.63, 3.8) is 0 Å². The molecule has 2 aromatic heterocycles. The third kappa shape index (κ3) is 2.06. The first-order valence-corrected chi connectivity index (χ1v) is 7.66. The van der Waals surface area contributed by atoms with Crippen LogP contribution in [-0.4, -0.2) is 14.6 Å². The summed E-state index contributed by atoms with van der Waals surface area (Å²) in [7, 11) is 0. The van der Waals surface area contributed by atoms with Gasteiger partial charge >= 0.3 is 0 Å². The van der Waals surface area contributed by atoms with Crippen LogP contribution in [-0.2, 0) is 12.8 Å². The number of fused-ring (bicyclic) bond motifs is 2. The number of aryl methyl sites for hydroxylation is 1. The molecule has 5 nitrogen and oxygen atoms in total. The molecule has 1 aliphatic carbocycles. The van der Waals surface area contributed by atoms with Gasteiger partial charge in [-0.2, -0.15) is 9.61 Å². The second-order valence-corrected chi connectivity index (χ2v) is 5.59. The number of anilines is 1. The van der Waals surface area contributed by atoms with Crippen molar-refractivity contribution < 1.29 is 0 Å². The average molecular weight is 273 g/mol. The fraction of sp³-hybridized carbons (Fsp3) is 0.600. The van der Waals surface area contributed by atoms with Crippen molar-refractivity contribution in [1.29, 1.82) is 0 Å². The van der Waals surface area contributed by atoms with Crippen LogP contribution >= 0.6 is 0 Å². The summed E-state index contributed by atoms with van der Waals surface area (Å²) < 4.78 is 1.89. The van der Waals surface area contributed by atoms with Gasteiger partial charge < -0.3 is 5.43 Å². The zero-order chi connectivity index (χ0) is 14.1. The minimum absolute atomic E-state index is 0.499. The average Bonchev–Trinajstić information content (AvgIpc) is 2.89. The maximum atomic E-state index is 5.75. The van der Waals surface area contributed by atoms with E-state index >= 15 is 0 Å². The van der Waals surface area contributed by atoms with E-state index in [1.54, 1.807) is 0 Å². The Morgan fingerprint density at radius 1 is 1.30 bits per heavy atom. The van der Waals surface area contributed by atoms with Crippen molar-refractivity contribution in [2.24, 2.45) is 5.84 Å². The van der Waals surface area contributed by atoms with Crippen molar-refractivity contribution in [1.82, 2.24) is 14.6 Å². The Hall–Kier alpha value is -1.62. The summed E-state index contributed by atoms with van der Waals surface area (Å²) in [6, 6.07) is 2.12. The van der Waals surface area contributed by atoms with Crippen LogP contribution in [0.3, 0.4) is 0 Å². The summed E-state index contributed by atoms with van der Waals surface area (Å²) >= 11 is 0. The van der Waals surface area contributed by atoms with Crippen molar-refractivity contribution in [3.8, 4) is 0 Å². The molecule has 0 aliphatic heterocycles. The highest BCUT2D eigenvalue weighted by Gasteiger charge is 2.20. The van der Waals surface area contributed by atoms with E-state index in [-0.39, 0.29) is 0 Å². The highest BCUT2D eigenvalue weighted by molar-refractivity contribution is 5.56. The van der Waals surface area contributed by atoms with E-state index in [1.165, 1.54) is 24.1 Å². The van der Waals surface area contributed by atoms with Gasteiger partial charge in [-0.3, -0.25) is 0 Å². The Balaban J connectivity index is 2.17. The molecule has 0 fully saturated rings. The Kier molecular flexibility index (Phi) is 3.61. The SMILES string of the molecule is CCC(CC)c1cc2nc3c(c(NN)n2n1)CCCC3. The molecule has 1 aliphatic rings. The molecule has 0 unspecified atom stereocenters. The van der Waals surface area contributed by atoms with Crippen LogP contribution in [0.5, 0.6) is 0 Å². The second kappa shape index (κ2) is 5.40. The van der Waals surface area contributed by atoms with E-state index in [2.05, 4.69) is 25.3 Å². The van der Waals surface area contributed by atoms with Crippen LogP contribution in [0, 0.1) is 0 Å². The Morgan fingerprint density at radius 2 is 2.05 bits per heavy atom. The van der Waals surface area contributed by atoms with Crippen LogP contribution in [0.15, 0.2) is 6.07 Å². The number of nitrogen functional groups attached to an aromatic ring is 1. The Morgan fingerprint density at radius 3 is 2.75 bits per heavy atom. The molecule has 0 bridgehead atoms. The number of hydrazine groups is 1. The van der Waals surface area contributed by atoms with Gasteiger partial charge in [0.25, 0.3) is 0 Å². The van der Waals surface area contributed by atoms with Gasteiger partial charge in [-0.1, -0.05) is 13.8 Å². The normalized spacial score (nSPS) is 14.8. The first kappa shape index (κ1) is 13.4. The molecule has 0 amide bonds. The fourth-order valence-electron chi connectivity index (χ4n) is 3.22. The number of rotatable bonds is 4. The maximum Gasteiger partial charge on any atom is 0.157 e. The van der Waals surface area contributed by atoms with E-state index in [4.69, 9.17) is 15.9 Å². The minimum atomic E-state index is 0.499. The van der Waals surface area contributed by atoms with Gasteiger partial charge in [0.1, 0.15) is 5.82 Å². The molecular weight excluding hydrogens is 250 g/mol. The van der Waals surface area contributed by atoms with E-state index in [1.807, 2.05) is 4.52 Å². The van der Waals surface area contributed by atoms with Crippen LogP contribution in [0.25, 0.3) is 5.65 Å². The predicted molar refractivity (Wildman–Crippen MR) is 80.8 cm³/mol. The van der Waals surface area contributed by atoms with Crippen molar-refractivity contribution in [2.45, 2.75) is 58.3 Å². The van der Waals surface area contributed by atoms with Crippen LogP contribution in [0.4, 0.5) is 5.82 Å². The number of aromatic nitrogens is 3. The van der Waals surface area contributed by atoms with Crippen molar-refractivity contribution in [3.05, 3.63) is 23.0 Å². The lowest BCUT2D eigenvalue weighted by molar-refractivity contribution is 0.615. The third-order valence-corrected chi connectivity index (χ3v) is 4.44. The molecular formula is C15H23N5. The van der Waals surface area contributed by atoms with Gasteiger partial charge in [-0.05, 0) is 38.5 Å². The van der Waals surface area contributed by atoms with Gasteiger partial charge in [0.05, 0.1) is 5.69 Å². The minimum Gasteiger partial charge on any atom is -0.308 e. The van der Waals surface area contributed by atoms with Gasteiger partial charge in [-0.15, -0.1) is 0 Å². The van der Waals surface area contributed by atoms with Gasteiger partial charge in [-0.25, -0.2) is 10.8 Å². The molecule has 2 heterocycles. The lowest BCUT2D eigenvalue weighted by Gasteiger charge is -2.18. The lowest BCUT2D eigenvalue weighted by Crippen LogP contribution is -2.18. The monoisotopic (exact) mass is 273 g/mol. The highest BCUT2D eigenvalue weighted by atomic mass is 15.4. The number of nitrogens with zero attached hydrogens (tertiary/aromatic N) is 3. The molecule has 0 spiro atoms. The van der Waals surface area contributed by atoms with Gasteiger partial charge in [0.15, 0.2) is 5.65 Å². The first-order valence-electron chi connectivity index (χ1n) is 7.66. The lowest BCUT2D eigenvalue weighted by atomic mass is 9.96. The Labute approximate surface area is 119 Å². The summed E-state index contributed by atoms with van der Waals surface area (Å²) in [6.07, 6.45) is 6.71. The summed E-state index contributed by atoms with van der Waals surface area (Å²) in [6.45, 7) is 4.41. The summed E-state index contributed by atoms with van der Waals surface area (Å²) in [4.78, 5) is 4.80. The quantitative estimate of drug-likeness (QED) is 0.664. The van der Waals surface area contributed by atoms with E-state index in [0.29, 0.717) is 5.92 Å². The predicted octanol–water partition coefficient (Wildman–Crippen LogP) is 2.80. The largest absolute Gasteiger partial charge is 0.308 e. The number of hydrogen-bond acceptors (Lipinski definition) is 4. The van der Waals surface area contributed by atoms with Gasteiger partial charge in [0, 0.05) is 23.2 Å². The molecule has 0 radical (unpaired) electrons. The first-order chi connectivity index (χ1) is 9.78. The molecule has 20 heavy (non-hydrogen) atoms. The zero-order valence-corrected chi connectivity index (χ0v) is 12.3.